The van der Waals surface area contributed by atoms with Crippen molar-refractivity contribution in [1.29, 1.82) is 0 Å². The normalized spacial score (nSPS) is 14.1. The fourth-order valence-electron chi connectivity index (χ4n) is 2.80. The zero-order valence-corrected chi connectivity index (χ0v) is 13.7. The van der Waals surface area contributed by atoms with Crippen LogP contribution in [0.15, 0.2) is 30.5 Å². The Morgan fingerprint density at radius 1 is 1.28 bits per heavy atom. The molecule has 0 saturated carbocycles. The van der Waals surface area contributed by atoms with Gasteiger partial charge in [0, 0.05) is 29.7 Å². The largest absolute Gasteiger partial charge is 0.416 e. The number of benzene rings is 1. The highest BCUT2D eigenvalue weighted by Crippen LogP contribution is 2.36. The summed E-state index contributed by atoms with van der Waals surface area (Å²) in [5.74, 6) is 0.421. The summed E-state index contributed by atoms with van der Waals surface area (Å²) in [5, 5.41) is 5.75. The van der Waals surface area contributed by atoms with E-state index in [1.165, 1.54) is 19.2 Å². The number of amides is 2. The van der Waals surface area contributed by atoms with Gasteiger partial charge in [-0.05, 0) is 37.6 Å². The number of nitrogens with zero attached hydrogens (tertiary/aromatic N) is 2. The van der Waals surface area contributed by atoms with Gasteiger partial charge in [0.05, 0.1) is 12.1 Å². The number of alkyl halides is 3. The molecule has 25 heavy (non-hydrogen) atoms. The molecule has 132 valence electrons. The maximum Gasteiger partial charge on any atom is 0.416 e. The molecule has 0 saturated heterocycles. The van der Waals surface area contributed by atoms with Crippen LogP contribution in [0.1, 0.15) is 23.6 Å². The van der Waals surface area contributed by atoms with Crippen LogP contribution in [0.3, 0.4) is 0 Å². The van der Waals surface area contributed by atoms with Gasteiger partial charge in [0.15, 0.2) is 0 Å². The minimum atomic E-state index is -4.41. The van der Waals surface area contributed by atoms with Crippen molar-refractivity contribution in [3.8, 4) is 0 Å². The highest BCUT2D eigenvalue weighted by Gasteiger charge is 2.33. The predicted octanol–water partition coefficient (Wildman–Crippen LogP) is 4.52. The van der Waals surface area contributed by atoms with Gasteiger partial charge < -0.3 is 10.2 Å². The number of hydrogen-bond acceptors (Lipinski definition) is 3. The number of nitrogens with one attached hydrogen (secondary N) is 2. The van der Waals surface area contributed by atoms with E-state index in [4.69, 9.17) is 0 Å². The molecule has 8 heteroatoms. The van der Waals surface area contributed by atoms with Crippen molar-refractivity contribution in [2.24, 2.45) is 0 Å². The molecular weight excluding hydrogens is 333 g/mol. The molecule has 5 nitrogen and oxygen atoms in total. The van der Waals surface area contributed by atoms with Gasteiger partial charge in [-0.3, -0.25) is 5.32 Å². The van der Waals surface area contributed by atoms with Crippen molar-refractivity contribution in [1.82, 2.24) is 9.88 Å². The number of rotatable bonds is 3. The third kappa shape index (κ3) is 3.24. The first-order valence-electron chi connectivity index (χ1n) is 7.79. The molecule has 0 bridgehead atoms. The molecule has 0 unspecified atom stereocenters. The molecule has 0 fully saturated rings. The van der Waals surface area contributed by atoms with Gasteiger partial charge in [-0.2, -0.15) is 13.2 Å². The van der Waals surface area contributed by atoms with Crippen molar-refractivity contribution in [3.63, 3.8) is 0 Å². The summed E-state index contributed by atoms with van der Waals surface area (Å²) in [5.41, 5.74) is 1.16. The molecule has 1 aromatic heterocycles. The van der Waals surface area contributed by atoms with Gasteiger partial charge in [0.2, 0.25) is 0 Å². The Labute approximate surface area is 142 Å². The number of pyridine rings is 1. The topological polar surface area (TPSA) is 57.3 Å². The molecule has 0 radical (unpaired) electrons. The first-order chi connectivity index (χ1) is 11.8. The number of aromatic nitrogens is 1. The van der Waals surface area contributed by atoms with Crippen LogP contribution in [0.25, 0.3) is 0 Å². The molecule has 2 amide bonds. The van der Waals surface area contributed by atoms with Gasteiger partial charge in [0.1, 0.15) is 5.82 Å². The molecule has 1 aliphatic heterocycles. The third-order valence-electron chi connectivity index (χ3n) is 4.21. The van der Waals surface area contributed by atoms with Crippen molar-refractivity contribution >= 4 is 23.2 Å². The zero-order chi connectivity index (χ0) is 18.2. The molecule has 1 aromatic carbocycles. The Kier molecular flexibility index (Phi) is 4.28. The maximum absolute atomic E-state index is 13.1. The van der Waals surface area contributed by atoms with E-state index in [1.54, 1.807) is 17.0 Å². The summed E-state index contributed by atoms with van der Waals surface area (Å²) in [6, 6.07) is 5.46. The van der Waals surface area contributed by atoms with Crippen molar-refractivity contribution in [2.45, 2.75) is 26.6 Å². The first kappa shape index (κ1) is 17.1. The van der Waals surface area contributed by atoms with E-state index in [-0.39, 0.29) is 11.6 Å². The zero-order valence-electron chi connectivity index (χ0n) is 13.7. The van der Waals surface area contributed by atoms with Crippen molar-refractivity contribution in [2.75, 3.05) is 17.2 Å². The Morgan fingerprint density at radius 3 is 2.72 bits per heavy atom. The Balaban J connectivity index is 1.98. The number of halogens is 3. The van der Waals surface area contributed by atoms with Gasteiger partial charge in [-0.1, -0.05) is 6.07 Å². The summed E-state index contributed by atoms with van der Waals surface area (Å²) >= 11 is 0. The number of urea groups is 1. The molecule has 2 aromatic rings. The SMILES string of the molecule is CCN1Cc2c(Nc3cccc(C(F)(F)F)c3C)ccnc2NC1=O. The second-order valence-electron chi connectivity index (χ2n) is 5.73. The van der Waals surface area contributed by atoms with Crippen LogP contribution in [0.4, 0.5) is 35.2 Å². The lowest BCUT2D eigenvalue weighted by Crippen LogP contribution is -2.39. The van der Waals surface area contributed by atoms with E-state index in [1.807, 2.05) is 6.92 Å². The van der Waals surface area contributed by atoms with E-state index in [2.05, 4.69) is 15.6 Å². The van der Waals surface area contributed by atoms with Gasteiger partial charge in [-0.15, -0.1) is 0 Å². The van der Waals surface area contributed by atoms with E-state index in [0.29, 0.717) is 30.3 Å². The van der Waals surface area contributed by atoms with Gasteiger partial charge >= 0.3 is 12.2 Å². The van der Waals surface area contributed by atoms with E-state index < -0.39 is 11.7 Å². The second kappa shape index (κ2) is 6.27. The predicted molar refractivity (Wildman–Crippen MR) is 88.8 cm³/mol. The standard InChI is InChI=1S/C17H17F3N4O/c1-3-24-9-11-14(7-8-21-15(11)23-16(24)25)22-13-6-4-5-12(10(13)2)17(18,19)20/h4-8H,3,9H2,1-2H3,(H2,21,22,23,25). The smallest absolute Gasteiger partial charge is 0.355 e. The van der Waals surface area contributed by atoms with Crippen LogP contribution in [-0.4, -0.2) is 22.5 Å². The molecule has 3 rings (SSSR count). The fourth-order valence-corrected chi connectivity index (χ4v) is 2.80. The van der Waals surface area contributed by atoms with Crippen LogP contribution < -0.4 is 10.6 Å². The van der Waals surface area contributed by atoms with Crippen molar-refractivity contribution < 1.29 is 18.0 Å². The first-order valence-corrected chi connectivity index (χ1v) is 7.79. The van der Waals surface area contributed by atoms with E-state index in [9.17, 15) is 18.0 Å². The van der Waals surface area contributed by atoms with Crippen molar-refractivity contribution in [3.05, 3.63) is 47.2 Å². The van der Waals surface area contributed by atoms with E-state index in [0.717, 1.165) is 11.6 Å². The van der Waals surface area contributed by atoms with Crippen LogP contribution in [0.2, 0.25) is 0 Å². The quantitative estimate of drug-likeness (QED) is 0.856. The summed E-state index contributed by atoms with van der Waals surface area (Å²) in [6.45, 7) is 4.14. The lowest BCUT2D eigenvalue weighted by atomic mass is 10.1. The summed E-state index contributed by atoms with van der Waals surface area (Å²) in [7, 11) is 0. The minimum Gasteiger partial charge on any atom is -0.355 e. The number of fused-ring (bicyclic) bond motifs is 1. The number of carbonyl (C=O) groups is 1. The summed E-state index contributed by atoms with van der Waals surface area (Å²) in [4.78, 5) is 17.6. The van der Waals surface area contributed by atoms with Gasteiger partial charge in [-0.25, -0.2) is 9.78 Å². The third-order valence-corrected chi connectivity index (χ3v) is 4.21. The van der Waals surface area contributed by atoms with Crippen LogP contribution in [0.5, 0.6) is 0 Å². The molecular formula is C17H17F3N4O. The molecule has 2 N–H and O–H groups in total. The van der Waals surface area contributed by atoms with Crippen LogP contribution >= 0.6 is 0 Å². The average Bonchev–Trinajstić information content (AvgIpc) is 2.55. The highest BCUT2D eigenvalue weighted by atomic mass is 19.4. The highest BCUT2D eigenvalue weighted by molar-refractivity contribution is 5.92. The fraction of sp³-hybridized carbons (Fsp3) is 0.294. The minimum absolute atomic E-state index is 0.118. The van der Waals surface area contributed by atoms with Crippen LogP contribution in [0, 0.1) is 6.92 Å². The lowest BCUT2D eigenvalue weighted by Gasteiger charge is -2.29. The molecule has 2 heterocycles. The van der Waals surface area contributed by atoms with Crippen LogP contribution in [-0.2, 0) is 12.7 Å². The molecule has 1 aliphatic rings. The number of carbonyl (C=O) groups excluding carboxylic acids is 1. The van der Waals surface area contributed by atoms with E-state index >= 15 is 0 Å². The lowest BCUT2D eigenvalue weighted by molar-refractivity contribution is -0.138. The summed E-state index contributed by atoms with van der Waals surface area (Å²) in [6.07, 6.45) is -2.90. The Hall–Kier alpha value is -2.77. The summed E-state index contributed by atoms with van der Waals surface area (Å²) < 4.78 is 39.3. The Bertz CT molecular complexity index is 820. The van der Waals surface area contributed by atoms with Gasteiger partial charge in [0.25, 0.3) is 0 Å². The maximum atomic E-state index is 13.1. The number of hydrogen-bond donors (Lipinski definition) is 2. The molecule has 0 spiro atoms. The molecule has 0 aliphatic carbocycles. The number of anilines is 3. The average molecular weight is 350 g/mol. The molecule has 0 atom stereocenters. The second-order valence-corrected chi connectivity index (χ2v) is 5.73. The Morgan fingerprint density at radius 2 is 2.04 bits per heavy atom. The monoisotopic (exact) mass is 350 g/mol.